The summed E-state index contributed by atoms with van der Waals surface area (Å²) in [4.78, 5) is 50.6. The van der Waals surface area contributed by atoms with Crippen molar-refractivity contribution in [1.29, 1.82) is 0 Å². The van der Waals surface area contributed by atoms with Crippen LogP contribution in [0.3, 0.4) is 0 Å². The summed E-state index contributed by atoms with van der Waals surface area (Å²) in [6.45, 7) is 1.43. The zero-order chi connectivity index (χ0) is 28.4. The molecule has 3 atom stereocenters. The van der Waals surface area contributed by atoms with E-state index in [0.29, 0.717) is 0 Å². The number of hydrogen-bond donors (Lipinski definition) is 6. The molecule has 3 aromatic carbocycles. The number of rotatable bonds is 12. The Morgan fingerprint density at radius 2 is 1.18 bits per heavy atom. The molecule has 3 aromatic rings. The summed E-state index contributed by atoms with van der Waals surface area (Å²) in [6, 6.07) is 24.5. The van der Waals surface area contributed by atoms with Gasteiger partial charge in [-0.15, -0.1) is 0 Å². The van der Waals surface area contributed by atoms with Crippen molar-refractivity contribution < 1.29 is 24.3 Å². The molecule has 0 saturated heterocycles. The van der Waals surface area contributed by atoms with Gasteiger partial charge in [-0.2, -0.15) is 12.6 Å². The maximum absolute atomic E-state index is 13.7. The van der Waals surface area contributed by atoms with Crippen LogP contribution in [0, 0.1) is 0 Å². The molecule has 0 aliphatic carbocycles. The zero-order valence-electron chi connectivity index (χ0n) is 21.4. The maximum Gasteiger partial charge on any atom is 0.327 e. The highest BCUT2D eigenvalue weighted by atomic mass is 32.1. The number of amides is 3. The van der Waals surface area contributed by atoms with Gasteiger partial charge in [0, 0.05) is 5.75 Å². The Labute approximate surface area is 232 Å². The summed E-state index contributed by atoms with van der Waals surface area (Å²) in [5, 5.41) is 17.3. The SMILES string of the molecule is C[C@H](N)C(=O)N[C@@H](CC(=O)NC(c1ccccc1)(c1ccccc1)c1ccccc1)C(=O)N[C@@H](CS)C(=O)O. The Morgan fingerprint density at radius 1 is 0.769 bits per heavy atom. The van der Waals surface area contributed by atoms with Crippen molar-refractivity contribution in [2.24, 2.45) is 5.73 Å². The molecule has 0 aromatic heterocycles. The Bertz CT molecular complexity index is 1180. The molecular formula is C29H32N4O5S. The van der Waals surface area contributed by atoms with Gasteiger partial charge < -0.3 is 26.8 Å². The minimum absolute atomic E-state index is 0.180. The number of carboxylic acid groups (broad SMARTS) is 1. The molecule has 204 valence electrons. The van der Waals surface area contributed by atoms with Crippen LogP contribution >= 0.6 is 12.6 Å². The summed E-state index contributed by atoms with van der Waals surface area (Å²) in [7, 11) is 0. The van der Waals surface area contributed by atoms with Crippen LogP contribution in [-0.2, 0) is 24.7 Å². The fourth-order valence-electron chi connectivity index (χ4n) is 4.20. The van der Waals surface area contributed by atoms with Gasteiger partial charge in [0.2, 0.25) is 17.7 Å². The molecule has 6 N–H and O–H groups in total. The van der Waals surface area contributed by atoms with E-state index >= 15 is 0 Å². The third-order valence-electron chi connectivity index (χ3n) is 6.18. The van der Waals surface area contributed by atoms with Crippen molar-refractivity contribution >= 4 is 36.3 Å². The quantitative estimate of drug-likeness (QED) is 0.150. The van der Waals surface area contributed by atoms with Gasteiger partial charge in [0.15, 0.2) is 0 Å². The number of carbonyl (C=O) groups is 4. The average molecular weight is 549 g/mol. The summed E-state index contributed by atoms with van der Waals surface area (Å²) in [5.41, 5.74) is 6.86. The first-order chi connectivity index (χ1) is 18.7. The molecule has 10 heteroatoms. The van der Waals surface area contributed by atoms with Gasteiger partial charge in [-0.1, -0.05) is 91.0 Å². The highest BCUT2D eigenvalue weighted by molar-refractivity contribution is 7.80. The van der Waals surface area contributed by atoms with Gasteiger partial charge in [0.05, 0.1) is 12.5 Å². The second-order valence-corrected chi connectivity index (χ2v) is 9.40. The van der Waals surface area contributed by atoms with Crippen molar-refractivity contribution in [2.45, 2.75) is 37.0 Å². The van der Waals surface area contributed by atoms with E-state index in [1.807, 2.05) is 91.0 Å². The van der Waals surface area contributed by atoms with E-state index in [4.69, 9.17) is 5.73 Å². The number of carbonyl (C=O) groups excluding carboxylic acids is 3. The lowest BCUT2D eigenvalue weighted by Gasteiger charge is -2.37. The number of hydrogen-bond acceptors (Lipinski definition) is 6. The van der Waals surface area contributed by atoms with Crippen LogP contribution in [0.2, 0.25) is 0 Å². The van der Waals surface area contributed by atoms with Crippen LogP contribution < -0.4 is 21.7 Å². The van der Waals surface area contributed by atoms with Crippen molar-refractivity contribution in [1.82, 2.24) is 16.0 Å². The first-order valence-corrected chi connectivity index (χ1v) is 13.0. The van der Waals surface area contributed by atoms with E-state index in [1.165, 1.54) is 6.92 Å². The predicted molar refractivity (Wildman–Crippen MR) is 151 cm³/mol. The normalized spacial score (nSPS) is 13.4. The molecule has 0 heterocycles. The molecule has 0 saturated carbocycles. The second-order valence-electron chi connectivity index (χ2n) is 9.03. The third-order valence-corrected chi connectivity index (χ3v) is 6.55. The van der Waals surface area contributed by atoms with Crippen molar-refractivity contribution in [3.05, 3.63) is 108 Å². The van der Waals surface area contributed by atoms with Gasteiger partial charge >= 0.3 is 5.97 Å². The Hall–Kier alpha value is -4.15. The smallest absolute Gasteiger partial charge is 0.327 e. The molecule has 0 unspecified atom stereocenters. The molecule has 0 radical (unpaired) electrons. The minimum atomic E-state index is -1.38. The van der Waals surface area contributed by atoms with E-state index in [9.17, 15) is 24.3 Å². The number of nitrogens with one attached hydrogen (secondary N) is 3. The first-order valence-electron chi connectivity index (χ1n) is 12.4. The summed E-state index contributed by atoms with van der Waals surface area (Å²) >= 11 is 3.97. The highest BCUT2D eigenvalue weighted by Crippen LogP contribution is 2.36. The number of nitrogens with two attached hydrogens (primary N) is 1. The van der Waals surface area contributed by atoms with Gasteiger partial charge in [0.25, 0.3) is 0 Å². The van der Waals surface area contributed by atoms with Gasteiger partial charge in [0.1, 0.15) is 17.6 Å². The second kappa shape index (κ2) is 13.6. The fourth-order valence-corrected chi connectivity index (χ4v) is 4.44. The first kappa shape index (κ1) is 29.4. The summed E-state index contributed by atoms with van der Waals surface area (Å²) in [6.07, 6.45) is -0.475. The Kier molecular flexibility index (Phi) is 10.2. The van der Waals surface area contributed by atoms with Gasteiger partial charge in [-0.3, -0.25) is 14.4 Å². The van der Waals surface area contributed by atoms with E-state index in [-0.39, 0.29) is 5.75 Å². The molecule has 3 rings (SSSR count). The van der Waals surface area contributed by atoms with Gasteiger partial charge in [-0.25, -0.2) is 4.79 Å². The van der Waals surface area contributed by atoms with Crippen molar-refractivity contribution in [3.63, 3.8) is 0 Å². The van der Waals surface area contributed by atoms with E-state index in [2.05, 4.69) is 28.6 Å². The molecule has 0 aliphatic rings. The highest BCUT2D eigenvalue weighted by Gasteiger charge is 2.39. The lowest BCUT2D eigenvalue weighted by atomic mass is 9.77. The van der Waals surface area contributed by atoms with E-state index in [1.54, 1.807) is 0 Å². The standard InChI is InChI=1S/C29H32N4O5S/c1-19(30)26(35)31-23(27(36)32-24(18-39)28(37)38)17-25(34)33-29(20-11-5-2-6-12-20,21-13-7-3-8-14-21)22-15-9-4-10-16-22/h2-16,19,23-24,39H,17-18,30H2,1H3,(H,31,35)(H,32,36)(H,33,34)(H,37,38)/t19-,23-,24-/m0/s1. The number of benzene rings is 3. The number of carboxylic acids is 1. The lowest BCUT2D eigenvalue weighted by molar-refractivity contribution is -0.141. The summed E-state index contributed by atoms with van der Waals surface area (Å²) in [5.74, 6) is -3.54. The van der Waals surface area contributed by atoms with Crippen LogP contribution in [-0.4, -0.2) is 52.7 Å². The average Bonchev–Trinajstić information content (AvgIpc) is 2.95. The molecule has 39 heavy (non-hydrogen) atoms. The van der Waals surface area contributed by atoms with E-state index in [0.717, 1.165) is 16.7 Å². The summed E-state index contributed by atoms with van der Waals surface area (Å²) < 4.78 is 0. The van der Waals surface area contributed by atoms with Crippen LogP contribution in [0.1, 0.15) is 30.0 Å². The topological polar surface area (TPSA) is 151 Å². The molecule has 3 amide bonds. The maximum atomic E-state index is 13.7. The van der Waals surface area contributed by atoms with E-state index < -0.39 is 53.8 Å². The minimum Gasteiger partial charge on any atom is -0.480 e. The van der Waals surface area contributed by atoms with Gasteiger partial charge in [-0.05, 0) is 23.6 Å². The Morgan fingerprint density at radius 3 is 1.54 bits per heavy atom. The molecule has 0 bridgehead atoms. The molecule has 0 aliphatic heterocycles. The molecule has 0 fully saturated rings. The third kappa shape index (κ3) is 7.24. The monoisotopic (exact) mass is 548 g/mol. The van der Waals surface area contributed by atoms with Crippen molar-refractivity contribution in [3.8, 4) is 0 Å². The molecule has 0 spiro atoms. The number of aliphatic carboxylic acids is 1. The largest absolute Gasteiger partial charge is 0.480 e. The van der Waals surface area contributed by atoms with Crippen LogP contribution in [0.4, 0.5) is 0 Å². The van der Waals surface area contributed by atoms with Crippen molar-refractivity contribution in [2.75, 3.05) is 5.75 Å². The zero-order valence-corrected chi connectivity index (χ0v) is 22.3. The lowest BCUT2D eigenvalue weighted by Crippen LogP contribution is -2.56. The predicted octanol–water partition coefficient (Wildman–Crippen LogP) is 1.82. The van der Waals surface area contributed by atoms with Crippen LogP contribution in [0.25, 0.3) is 0 Å². The fraction of sp³-hybridized carbons (Fsp3) is 0.241. The molecule has 9 nitrogen and oxygen atoms in total. The van der Waals surface area contributed by atoms with Crippen LogP contribution in [0.15, 0.2) is 91.0 Å². The Balaban J connectivity index is 2.03. The number of thiol groups is 1. The van der Waals surface area contributed by atoms with Crippen LogP contribution in [0.5, 0.6) is 0 Å². The molecular weight excluding hydrogens is 516 g/mol.